The highest BCUT2D eigenvalue weighted by Gasteiger charge is 2.06. The monoisotopic (exact) mass is 311 g/mol. The van der Waals surface area contributed by atoms with Crippen LogP contribution in [0, 0.1) is 0 Å². The molecule has 0 heterocycles. The number of rotatable bonds is 4. The number of nitrogens with one attached hydrogen (secondary N) is 1. The third kappa shape index (κ3) is 4.74. The van der Waals surface area contributed by atoms with Gasteiger partial charge in [0.1, 0.15) is 0 Å². The number of hydrogen-bond donors (Lipinski definition) is 5. The van der Waals surface area contributed by atoms with E-state index in [1.54, 1.807) is 48.5 Å². The fourth-order valence-electron chi connectivity index (χ4n) is 1.81. The predicted molar refractivity (Wildman–Crippen MR) is 91.8 cm³/mol. The molecular weight excluding hydrogens is 294 g/mol. The summed E-state index contributed by atoms with van der Waals surface area (Å²) in [6.45, 7) is 0. The second-order valence-corrected chi connectivity index (χ2v) is 4.62. The topological polar surface area (TPSA) is 158 Å². The quantitative estimate of drug-likeness (QED) is 0.415. The van der Waals surface area contributed by atoms with Crippen molar-refractivity contribution >= 4 is 34.9 Å². The predicted octanol–water partition coefficient (Wildman–Crippen LogP) is 0.749. The number of anilines is 1. The Balaban J connectivity index is 2.06. The number of hydrogen-bond acceptors (Lipinski definition) is 3. The summed E-state index contributed by atoms with van der Waals surface area (Å²) in [5.74, 6) is -0.318. The number of nitrogens with two attached hydrogens (primary N) is 4. The number of carbonyl (C=O) groups excluding carboxylic acids is 1. The number of guanidine groups is 2. The van der Waals surface area contributed by atoms with E-state index in [-0.39, 0.29) is 17.8 Å². The Morgan fingerprint density at radius 3 is 1.61 bits per heavy atom. The lowest BCUT2D eigenvalue weighted by Crippen LogP contribution is -2.21. The van der Waals surface area contributed by atoms with Crippen LogP contribution in [-0.4, -0.2) is 17.8 Å². The van der Waals surface area contributed by atoms with Crippen LogP contribution in [0.1, 0.15) is 10.4 Å². The van der Waals surface area contributed by atoms with Crippen molar-refractivity contribution in [2.45, 2.75) is 0 Å². The van der Waals surface area contributed by atoms with Gasteiger partial charge in [0.2, 0.25) is 0 Å². The van der Waals surface area contributed by atoms with Crippen LogP contribution >= 0.6 is 0 Å². The summed E-state index contributed by atoms with van der Waals surface area (Å²) in [5.41, 5.74) is 23.4. The maximum atomic E-state index is 12.1. The van der Waals surface area contributed by atoms with Gasteiger partial charge in [0, 0.05) is 11.3 Å². The summed E-state index contributed by atoms with van der Waals surface area (Å²) in [7, 11) is 0. The third-order valence-electron chi connectivity index (χ3n) is 2.77. The third-order valence-corrected chi connectivity index (χ3v) is 2.77. The molecule has 0 aliphatic heterocycles. The Morgan fingerprint density at radius 2 is 1.17 bits per heavy atom. The van der Waals surface area contributed by atoms with E-state index in [4.69, 9.17) is 22.9 Å². The molecule has 0 atom stereocenters. The van der Waals surface area contributed by atoms with Gasteiger partial charge in [-0.15, -0.1) is 0 Å². The first-order chi connectivity index (χ1) is 10.9. The van der Waals surface area contributed by atoms with Crippen LogP contribution in [0.4, 0.5) is 17.1 Å². The van der Waals surface area contributed by atoms with Crippen LogP contribution in [0.3, 0.4) is 0 Å². The molecule has 2 aromatic carbocycles. The van der Waals surface area contributed by atoms with Crippen LogP contribution in [-0.2, 0) is 0 Å². The average Bonchev–Trinajstić information content (AvgIpc) is 2.49. The Kier molecular flexibility index (Phi) is 4.78. The summed E-state index contributed by atoms with van der Waals surface area (Å²) < 4.78 is 0. The van der Waals surface area contributed by atoms with E-state index >= 15 is 0 Å². The maximum Gasteiger partial charge on any atom is 0.255 e. The number of aliphatic imine (C=N–C) groups is 2. The minimum atomic E-state index is -0.254. The van der Waals surface area contributed by atoms with Gasteiger partial charge in [0.25, 0.3) is 5.91 Å². The van der Waals surface area contributed by atoms with Crippen molar-refractivity contribution in [3.05, 3.63) is 54.1 Å². The maximum absolute atomic E-state index is 12.1. The SMILES string of the molecule is NC(N)=Nc1ccc(NC(=O)c2ccc(N=C(N)N)cc2)cc1. The van der Waals surface area contributed by atoms with Crippen molar-refractivity contribution < 1.29 is 4.79 Å². The van der Waals surface area contributed by atoms with E-state index in [1.165, 1.54) is 0 Å². The molecule has 0 spiro atoms. The summed E-state index contributed by atoms with van der Waals surface area (Å²) >= 11 is 0. The Morgan fingerprint density at radius 1 is 0.739 bits per heavy atom. The largest absolute Gasteiger partial charge is 0.370 e. The molecule has 8 heteroatoms. The average molecular weight is 311 g/mol. The lowest BCUT2D eigenvalue weighted by atomic mass is 10.2. The fraction of sp³-hybridized carbons (Fsp3) is 0. The first kappa shape index (κ1) is 15.8. The number of benzene rings is 2. The zero-order valence-electron chi connectivity index (χ0n) is 12.2. The summed E-state index contributed by atoms with van der Waals surface area (Å²) in [6, 6.07) is 13.3. The Hall–Kier alpha value is -3.55. The summed E-state index contributed by atoms with van der Waals surface area (Å²) in [5, 5.41) is 2.76. The van der Waals surface area contributed by atoms with Gasteiger partial charge in [-0.2, -0.15) is 0 Å². The van der Waals surface area contributed by atoms with Gasteiger partial charge < -0.3 is 28.3 Å². The summed E-state index contributed by atoms with van der Waals surface area (Å²) in [4.78, 5) is 19.9. The van der Waals surface area contributed by atoms with Crippen LogP contribution in [0.5, 0.6) is 0 Å². The second-order valence-electron chi connectivity index (χ2n) is 4.62. The molecule has 8 nitrogen and oxygen atoms in total. The number of nitrogens with zero attached hydrogens (tertiary/aromatic N) is 2. The van der Waals surface area contributed by atoms with Gasteiger partial charge in [0.15, 0.2) is 11.9 Å². The fourth-order valence-corrected chi connectivity index (χ4v) is 1.81. The Labute approximate surface area is 132 Å². The standard InChI is InChI=1S/C15H17N7O/c16-14(17)21-11-3-1-9(2-4-11)13(23)20-10-5-7-12(8-6-10)22-15(18)19/h1-8H,(H,20,23)(H4,16,17,21)(H4,18,19,22). The molecule has 0 bridgehead atoms. The van der Waals surface area contributed by atoms with Crippen LogP contribution in [0.15, 0.2) is 58.5 Å². The van der Waals surface area contributed by atoms with Crippen molar-refractivity contribution in [3.63, 3.8) is 0 Å². The summed E-state index contributed by atoms with van der Waals surface area (Å²) in [6.07, 6.45) is 0. The molecule has 23 heavy (non-hydrogen) atoms. The lowest BCUT2D eigenvalue weighted by Gasteiger charge is -2.06. The molecule has 9 N–H and O–H groups in total. The van der Waals surface area contributed by atoms with Crippen LogP contribution in [0.25, 0.3) is 0 Å². The lowest BCUT2D eigenvalue weighted by molar-refractivity contribution is 0.102. The van der Waals surface area contributed by atoms with Gasteiger partial charge in [0.05, 0.1) is 11.4 Å². The van der Waals surface area contributed by atoms with Gasteiger partial charge in [-0.25, -0.2) is 9.98 Å². The molecule has 0 radical (unpaired) electrons. The highest BCUT2D eigenvalue weighted by atomic mass is 16.1. The van der Waals surface area contributed by atoms with Gasteiger partial charge in [-0.3, -0.25) is 4.79 Å². The van der Waals surface area contributed by atoms with Crippen LogP contribution < -0.4 is 28.3 Å². The highest BCUT2D eigenvalue weighted by molar-refractivity contribution is 6.04. The molecule has 0 saturated heterocycles. The van der Waals surface area contributed by atoms with Crippen molar-refractivity contribution in [2.75, 3.05) is 5.32 Å². The van der Waals surface area contributed by atoms with Crippen LogP contribution in [0.2, 0.25) is 0 Å². The molecule has 2 rings (SSSR count). The molecule has 0 aliphatic carbocycles. The minimum absolute atomic E-state index is 0.0253. The number of amides is 1. The highest BCUT2D eigenvalue weighted by Crippen LogP contribution is 2.18. The van der Waals surface area contributed by atoms with E-state index in [0.717, 1.165) is 0 Å². The van der Waals surface area contributed by atoms with Gasteiger partial charge in [-0.05, 0) is 48.5 Å². The molecule has 0 aliphatic rings. The molecule has 118 valence electrons. The molecule has 0 unspecified atom stereocenters. The first-order valence-electron chi connectivity index (χ1n) is 6.65. The van der Waals surface area contributed by atoms with Crippen molar-refractivity contribution in [2.24, 2.45) is 32.9 Å². The second kappa shape index (κ2) is 6.94. The molecule has 1 amide bonds. The van der Waals surface area contributed by atoms with E-state index in [1.807, 2.05) is 0 Å². The zero-order chi connectivity index (χ0) is 16.8. The number of carbonyl (C=O) groups is 1. The minimum Gasteiger partial charge on any atom is -0.370 e. The van der Waals surface area contributed by atoms with Crippen molar-refractivity contribution in [1.29, 1.82) is 0 Å². The van der Waals surface area contributed by atoms with Gasteiger partial charge >= 0.3 is 0 Å². The van der Waals surface area contributed by atoms with Crippen molar-refractivity contribution in [3.8, 4) is 0 Å². The van der Waals surface area contributed by atoms with E-state index in [0.29, 0.717) is 22.6 Å². The van der Waals surface area contributed by atoms with E-state index in [9.17, 15) is 4.79 Å². The van der Waals surface area contributed by atoms with Crippen molar-refractivity contribution in [1.82, 2.24) is 0 Å². The zero-order valence-corrected chi connectivity index (χ0v) is 12.2. The van der Waals surface area contributed by atoms with E-state index < -0.39 is 0 Å². The first-order valence-corrected chi connectivity index (χ1v) is 6.65. The molecule has 0 saturated carbocycles. The molecular formula is C15H17N7O. The molecule has 2 aromatic rings. The van der Waals surface area contributed by atoms with E-state index in [2.05, 4.69) is 15.3 Å². The smallest absolute Gasteiger partial charge is 0.255 e. The Bertz CT molecular complexity index is 740. The molecule has 0 fully saturated rings. The normalized spacial score (nSPS) is 9.74. The van der Waals surface area contributed by atoms with Gasteiger partial charge in [-0.1, -0.05) is 0 Å². The molecule has 0 aromatic heterocycles.